The summed E-state index contributed by atoms with van der Waals surface area (Å²) in [5.74, 6) is 0.673. The second-order valence-electron chi connectivity index (χ2n) is 5.90. The first-order chi connectivity index (χ1) is 15.4. The third-order valence-corrected chi connectivity index (χ3v) is 4.13. The average Bonchev–Trinajstić information content (AvgIpc) is 2.75. The van der Waals surface area contributed by atoms with Gasteiger partial charge in [0.1, 0.15) is 36.3 Å². The van der Waals surface area contributed by atoms with Gasteiger partial charge in [0.15, 0.2) is 0 Å². The van der Waals surface area contributed by atoms with Crippen molar-refractivity contribution < 1.29 is 24.0 Å². The molecule has 0 bridgehead atoms. The number of rotatable bonds is 7. The second-order valence-corrected chi connectivity index (χ2v) is 6.31. The van der Waals surface area contributed by atoms with Crippen LogP contribution in [0.3, 0.4) is 0 Å². The van der Waals surface area contributed by atoms with E-state index >= 15 is 0 Å². The minimum Gasteiger partial charge on any atom is -0.438 e. The van der Waals surface area contributed by atoms with Crippen molar-refractivity contribution in [2.24, 2.45) is 5.16 Å². The summed E-state index contributed by atoms with van der Waals surface area (Å²) >= 11 is 6.22. The van der Waals surface area contributed by atoms with Gasteiger partial charge in [-0.2, -0.15) is 0 Å². The molecule has 32 heavy (non-hydrogen) atoms. The summed E-state index contributed by atoms with van der Waals surface area (Å²) in [5.41, 5.74) is 6.24. The number of nitrogen functional groups attached to an aromatic ring is 1. The first-order valence-electron chi connectivity index (χ1n) is 8.75. The lowest BCUT2D eigenvalue weighted by Gasteiger charge is -2.11. The van der Waals surface area contributed by atoms with Gasteiger partial charge in [0.05, 0.1) is 21.8 Å². The molecule has 3 N–H and O–H groups in total. The molecule has 13 heteroatoms. The van der Waals surface area contributed by atoms with E-state index in [1.54, 1.807) is 0 Å². The van der Waals surface area contributed by atoms with Gasteiger partial charge in [0.25, 0.3) is 5.69 Å². The van der Waals surface area contributed by atoms with Crippen molar-refractivity contribution in [2.45, 2.75) is 0 Å². The molecule has 0 atom stereocenters. The highest BCUT2D eigenvalue weighted by molar-refractivity contribution is 6.33. The number of carbonyl (C=O) groups excluding carboxylic acids is 1. The van der Waals surface area contributed by atoms with Crippen LogP contribution >= 0.6 is 11.6 Å². The maximum Gasteiger partial charge on any atom is 0.417 e. The molecule has 12 nitrogen and oxygen atoms in total. The monoisotopic (exact) mass is 458 g/mol. The number of nitrogens with zero attached hydrogens (tertiary/aromatic N) is 4. The molecule has 164 valence electrons. The van der Waals surface area contributed by atoms with Gasteiger partial charge in [-0.3, -0.25) is 15.4 Å². The minimum atomic E-state index is -0.837. The van der Waals surface area contributed by atoms with Crippen molar-refractivity contribution in [3.8, 4) is 17.4 Å². The number of non-ortho nitro benzene ring substituents is 1. The summed E-state index contributed by atoms with van der Waals surface area (Å²) in [4.78, 5) is 34.7. The lowest BCUT2D eigenvalue weighted by molar-refractivity contribution is -0.384. The van der Waals surface area contributed by atoms with E-state index < -0.39 is 11.0 Å². The SMILES string of the molecule is CO/N=C/c1c(N)ncnc1Oc1ccc(NC(=O)Oc2ccc([N+](=O)[O-])cc2)c(Cl)c1. The molecule has 0 saturated carbocycles. The van der Waals surface area contributed by atoms with Crippen molar-refractivity contribution in [1.29, 1.82) is 0 Å². The highest BCUT2D eigenvalue weighted by atomic mass is 35.5. The van der Waals surface area contributed by atoms with Crippen LogP contribution in [0.5, 0.6) is 17.4 Å². The lowest BCUT2D eigenvalue weighted by Crippen LogP contribution is -2.17. The van der Waals surface area contributed by atoms with E-state index in [0.29, 0.717) is 11.3 Å². The van der Waals surface area contributed by atoms with Crippen LogP contribution in [-0.4, -0.2) is 34.3 Å². The Morgan fingerprint density at radius 2 is 1.94 bits per heavy atom. The number of oxime groups is 1. The number of ether oxygens (including phenoxy) is 2. The molecule has 1 amide bonds. The third kappa shape index (κ3) is 5.58. The fraction of sp³-hybridized carbons (Fsp3) is 0.0526. The van der Waals surface area contributed by atoms with Gasteiger partial charge in [0, 0.05) is 18.2 Å². The van der Waals surface area contributed by atoms with Crippen molar-refractivity contribution in [3.05, 3.63) is 69.5 Å². The van der Waals surface area contributed by atoms with E-state index in [1.165, 1.54) is 62.1 Å². The minimum absolute atomic E-state index is 0.118. The zero-order valence-electron chi connectivity index (χ0n) is 16.4. The average molecular weight is 459 g/mol. The van der Waals surface area contributed by atoms with Crippen LogP contribution in [0.2, 0.25) is 5.02 Å². The standard InChI is InChI=1S/C19H15ClN6O6/c1-30-24-9-14-17(21)22-10-23-18(14)31-13-6-7-16(15(20)8-13)25-19(27)32-12-4-2-11(3-5-12)26(28)29/h2-10H,1H3,(H,25,27)(H2,21,22,23)/b24-9+. The summed E-state index contributed by atoms with van der Waals surface area (Å²) in [6, 6.07) is 9.49. The second kappa shape index (κ2) is 10.0. The summed E-state index contributed by atoms with van der Waals surface area (Å²) < 4.78 is 10.8. The number of halogens is 1. The van der Waals surface area contributed by atoms with Crippen LogP contribution < -0.4 is 20.5 Å². The van der Waals surface area contributed by atoms with Crippen LogP contribution in [0.4, 0.5) is 22.0 Å². The third-order valence-electron chi connectivity index (χ3n) is 3.82. The zero-order chi connectivity index (χ0) is 23.1. The van der Waals surface area contributed by atoms with E-state index in [4.69, 9.17) is 26.8 Å². The molecule has 0 radical (unpaired) electrons. The molecule has 1 heterocycles. The first-order valence-corrected chi connectivity index (χ1v) is 9.13. The predicted octanol–water partition coefficient (Wildman–Crippen LogP) is 4.00. The fourth-order valence-corrected chi connectivity index (χ4v) is 2.57. The maximum absolute atomic E-state index is 12.1. The molecule has 0 aliphatic rings. The fourth-order valence-electron chi connectivity index (χ4n) is 2.35. The molecule has 3 aromatic rings. The summed E-state index contributed by atoms with van der Waals surface area (Å²) in [7, 11) is 1.37. The highest BCUT2D eigenvalue weighted by Gasteiger charge is 2.13. The van der Waals surface area contributed by atoms with Gasteiger partial charge in [-0.15, -0.1) is 0 Å². The number of nitro groups is 1. The Balaban J connectivity index is 1.69. The normalized spacial score (nSPS) is 10.6. The molecule has 0 fully saturated rings. The van der Waals surface area contributed by atoms with Gasteiger partial charge in [-0.25, -0.2) is 14.8 Å². The van der Waals surface area contributed by atoms with Crippen molar-refractivity contribution >= 4 is 41.1 Å². The van der Waals surface area contributed by atoms with E-state index in [-0.39, 0.29) is 33.8 Å². The number of nitro benzene ring substituents is 1. The Hall–Kier alpha value is -4.45. The maximum atomic E-state index is 12.1. The van der Waals surface area contributed by atoms with E-state index in [1.807, 2.05) is 0 Å². The molecule has 0 unspecified atom stereocenters. The number of nitrogens with one attached hydrogen (secondary N) is 1. The molecule has 2 aromatic carbocycles. The molecule has 0 saturated heterocycles. The number of hydrogen-bond donors (Lipinski definition) is 2. The lowest BCUT2D eigenvalue weighted by atomic mass is 10.3. The smallest absolute Gasteiger partial charge is 0.417 e. The van der Waals surface area contributed by atoms with E-state index in [9.17, 15) is 14.9 Å². The van der Waals surface area contributed by atoms with Crippen LogP contribution in [0.15, 0.2) is 53.9 Å². The number of nitrogens with two attached hydrogens (primary N) is 1. The van der Waals surface area contributed by atoms with Crippen LogP contribution in [0.25, 0.3) is 0 Å². The Morgan fingerprint density at radius 1 is 1.22 bits per heavy atom. The van der Waals surface area contributed by atoms with Crippen LogP contribution in [-0.2, 0) is 4.84 Å². The number of amides is 1. The molecular weight excluding hydrogens is 444 g/mol. The van der Waals surface area contributed by atoms with Crippen molar-refractivity contribution in [3.63, 3.8) is 0 Å². The molecule has 0 aliphatic heterocycles. The van der Waals surface area contributed by atoms with Crippen LogP contribution in [0.1, 0.15) is 5.56 Å². The Kier molecular flexibility index (Phi) is 6.98. The zero-order valence-corrected chi connectivity index (χ0v) is 17.1. The summed E-state index contributed by atoms with van der Waals surface area (Å²) in [6.45, 7) is 0. The Morgan fingerprint density at radius 3 is 2.59 bits per heavy atom. The highest BCUT2D eigenvalue weighted by Crippen LogP contribution is 2.31. The summed E-state index contributed by atoms with van der Waals surface area (Å²) in [6.07, 6.45) is 1.69. The van der Waals surface area contributed by atoms with Crippen molar-refractivity contribution in [2.75, 3.05) is 18.2 Å². The van der Waals surface area contributed by atoms with E-state index in [2.05, 4.69) is 25.3 Å². The molecular formula is C19H15ClN6O6. The predicted molar refractivity (Wildman–Crippen MR) is 115 cm³/mol. The van der Waals surface area contributed by atoms with Crippen molar-refractivity contribution in [1.82, 2.24) is 9.97 Å². The largest absolute Gasteiger partial charge is 0.438 e. The molecule has 0 spiro atoms. The van der Waals surface area contributed by atoms with Gasteiger partial charge in [0.2, 0.25) is 5.88 Å². The molecule has 0 aliphatic carbocycles. The number of carbonyl (C=O) groups is 1. The van der Waals surface area contributed by atoms with Gasteiger partial charge in [-0.1, -0.05) is 16.8 Å². The van der Waals surface area contributed by atoms with Gasteiger partial charge < -0.3 is 20.0 Å². The Bertz CT molecular complexity index is 1170. The number of hydrogen-bond acceptors (Lipinski definition) is 10. The Labute approximate surface area is 185 Å². The van der Waals surface area contributed by atoms with E-state index in [0.717, 1.165) is 0 Å². The topological polar surface area (TPSA) is 164 Å². The van der Waals surface area contributed by atoms with Gasteiger partial charge in [-0.05, 0) is 24.3 Å². The first kappa shape index (κ1) is 22.2. The molecule has 1 aromatic heterocycles. The van der Waals surface area contributed by atoms with Crippen LogP contribution in [0, 0.1) is 10.1 Å². The quantitative estimate of drug-likeness (QED) is 0.302. The number of anilines is 2. The summed E-state index contributed by atoms with van der Waals surface area (Å²) in [5, 5.41) is 16.9. The van der Waals surface area contributed by atoms with Gasteiger partial charge >= 0.3 is 6.09 Å². The molecule has 3 rings (SSSR count). The number of benzene rings is 2. The number of aromatic nitrogens is 2.